The molecule has 0 unspecified atom stereocenters. The molecule has 0 N–H and O–H groups in total. The molecule has 0 saturated carbocycles. The van der Waals surface area contributed by atoms with E-state index in [-0.39, 0.29) is 20.1 Å². The van der Waals surface area contributed by atoms with E-state index in [1.807, 2.05) is 45.7 Å². The molecule has 0 spiro atoms. The van der Waals surface area contributed by atoms with Crippen molar-refractivity contribution in [1.82, 2.24) is 0 Å². The SMILES string of the molecule is [CH2-]c1ccc2c(oc3cc(-c4ccccc4)ccc32)c1-c1cc(C)cc[n+]1[CH2-].[CH2-]c1ccccc1-c1cc[c]([Ge]([CH3])([CH3])[CH3])c[n+]1[CH2-].[Ir]. The van der Waals surface area contributed by atoms with Crippen molar-refractivity contribution in [2.24, 2.45) is 0 Å². The van der Waals surface area contributed by atoms with E-state index < -0.39 is 13.3 Å². The van der Waals surface area contributed by atoms with Crippen molar-refractivity contribution in [3.63, 3.8) is 0 Å². The van der Waals surface area contributed by atoms with E-state index in [1.54, 1.807) is 0 Å². The van der Waals surface area contributed by atoms with Crippen molar-refractivity contribution in [1.29, 1.82) is 0 Å². The van der Waals surface area contributed by atoms with E-state index in [0.717, 1.165) is 61.1 Å². The number of fused-ring (bicyclic) bond motifs is 3. The van der Waals surface area contributed by atoms with Crippen LogP contribution in [0.15, 0.2) is 126 Å². The van der Waals surface area contributed by atoms with E-state index in [9.17, 15) is 0 Å². The zero-order valence-corrected chi connectivity index (χ0v) is 32.0. The van der Waals surface area contributed by atoms with Gasteiger partial charge in [-0.1, -0.05) is 59.7 Å². The summed E-state index contributed by atoms with van der Waals surface area (Å²) in [6.07, 6.45) is 4.15. The number of benzene rings is 4. The Labute approximate surface area is 295 Å². The summed E-state index contributed by atoms with van der Waals surface area (Å²) in [4.78, 5) is 0. The van der Waals surface area contributed by atoms with Crippen LogP contribution in [0.4, 0.5) is 0 Å². The molecule has 7 rings (SSSR count). The molecule has 3 heterocycles. The second kappa shape index (κ2) is 13.8. The summed E-state index contributed by atoms with van der Waals surface area (Å²) in [5.41, 5.74) is 11.5. The van der Waals surface area contributed by atoms with Gasteiger partial charge >= 0.3 is 113 Å². The normalized spacial score (nSPS) is 11.1. The number of pyridine rings is 2. The Morgan fingerprint density at radius 3 is 2.04 bits per heavy atom. The first kappa shape index (κ1) is 34.0. The number of nitrogens with zero attached hydrogens (tertiary/aromatic N) is 2. The molecule has 239 valence electrons. The fourth-order valence-corrected chi connectivity index (χ4v) is 8.19. The minimum absolute atomic E-state index is 0. The molecule has 0 aliphatic rings. The van der Waals surface area contributed by atoms with Gasteiger partial charge in [-0.15, -0.1) is 6.07 Å². The first-order valence-electron chi connectivity index (χ1n) is 15.5. The van der Waals surface area contributed by atoms with Crippen LogP contribution in [0.1, 0.15) is 16.7 Å². The molecule has 0 bridgehead atoms. The van der Waals surface area contributed by atoms with Crippen molar-refractivity contribution < 1.29 is 33.7 Å². The minimum Gasteiger partial charge on any atom is 0 e. The molecule has 0 fully saturated rings. The van der Waals surface area contributed by atoms with Crippen molar-refractivity contribution >= 4 is 39.6 Å². The van der Waals surface area contributed by atoms with Gasteiger partial charge in [-0.2, -0.15) is 18.6 Å². The van der Waals surface area contributed by atoms with Crippen LogP contribution in [0.5, 0.6) is 0 Å². The van der Waals surface area contributed by atoms with Crippen LogP contribution in [-0.4, -0.2) is 13.3 Å². The van der Waals surface area contributed by atoms with Gasteiger partial charge in [0.25, 0.3) is 0 Å². The van der Waals surface area contributed by atoms with Crippen molar-refractivity contribution in [3.8, 4) is 33.6 Å². The number of hydrogen-bond donors (Lipinski definition) is 0. The predicted octanol–water partition coefficient (Wildman–Crippen LogP) is 9.34. The predicted molar refractivity (Wildman–Crippen MR) is 195 cm³/mol. The van der Waals surface area contributed by atoms with Gasteiger partial charge in [-0.25, -0.2) is 0 Å². The Balaban J connectivity index is 0.000000199. The third kappa shape index (κ3) is 7.01. The average Bonchev–Trinajstić information content (AvgIpc) is 3.41. The Morgan fingerprint density at radius 2 is 1.34 bits per heavy atom. The second-order valence-electron chi connectivity index (χ2n) is 12.9. The fraction of sp³-hybridized carbons (Fsp3) is 0.0952. The molecule has 3 aromatic heterocycles. The van der Waals surface area contributed by atoms with Crippen LogP contribution in [0.3, 0.4) is 0 Å². The number of aryl methyl sites for hydroxylation is 1. The van der Waals surface area contributed by atoms with Gasteiger partial charge in [0.2, 0.25) is 0 Å². The molecule has 47 heavy (non-hydrogen) atoms. The van der Waals surface area contributed by atoms with Gasteiger partial charge in [0, 0.05) is 37.9 Å². The maximum Gasteiger partial charge on any atom is 0 e. The minimum atomic E-state index is -1.78. The summed E-state index contributed by atoms with van der Waals surface area (Å²) in [6.45, 7) is 10.4. The quantitative estimate of drug-likeness (QED) is 0.0984. The average molecular weight is 854 g/mol. The van der Waals surface area contributed by atoms with Crippen LogP contribution < -0.4 is 13.5 Å². The van der Waals surface area contributed by atoms with Gasteiger partial charge in [0.1, 0.15) is 5.58 Å². The van der Waals surface area contributed by atoms with Gasteiger partial charge < -0.3 is 8.98 Å². The van der Waals surface area contributed by atoms with Crippen molar-refractivity contribution in [2.45, 2.75) is 24.2 Å². The van der Waals surface area contributed by atoms with Crippen LogP contribution >= 0.6 is 0 Å². The number of rotatable bonds is 4. The molecule has 0 aliphatic heterocycles. The summed E-state index contributed by atoms with van der Waals surface area (Å²) in [6, 6.07) is 37.7. The zero-order valence-electron chi connectivity index (χ0n) is 27.5. The summed E-state index contributed by atoms with van der Waals surface area (Å²) in [7, 11) is 8.27. The number of furan rings is 1. The molecular formula is C42H40GeIrN2O-2. The van der Waals surface area contributed by atoms with Crippen LogP contribution in [0.25, 0.3) is 55.6 Å². The fourth-order valence-electron chi connectivity index (χ4n) is 5.83. The third-order valence-corrected chi connectivity index (χ3v) is 12.7. The molecule has 0 saturated heterocycles. The Bertz CT molecular complexity index is 2200. The van der Waals surface area contributed by atoms with E-state index in [2.05, 4.69) is 137 Å². The molecule has 0 atom stereocenters. The molecule has 0 amide bonds. The Kier molecular flexibility index (Phi) is 9.98. The summed E-state index contributed by atoms with van der Waals surface area (Å²) < 4.78 is 11.7. The molecule has 1 radical (unpaired) electrons. The van der Waals surface area contributed by atoms with Gasteiger partial charge in [-0.05, 0) is 30.2 Å². The van der Waals surface area contributed by atoms with Gasteiger partial charge in [-0.3, -0.25) is 0 Å². The maximum atomic E-state index is 6.39. The molecular weight excluding hydrogens is 813 g/mol. The van der Waals surface area contributed by atoms with Gasteiger partial charge in [0.05, 0.1) is 17.5 Å². The molecule has 3 nitrogen and oxygen atoms in total. The van der Waals surface area contributed by atoms with Crippen molar-refractivity contribution in [2.75, 3.05) is 0 Å². The van der Waals surface area contributed by atoms with E-state index in [4.69, 9.17) is 4.42 Å². The first-order valence-corrected chi connectivity index (χ1v) is 22.8. The van der Waals surface area contributed by atoms with Crippen molar-refractivity contribution in [3.05, 3.63) is 166 Å². The summed E-state index contributed by atoms with van der Waals surface area (Å²) >= 11 is -1.78. The van der Waals surface area contributed by atoms with Crippen LogP contribution in [0.2, 0.25) is 17.3 Å². The Hall–Kier alpha value is -4.35. The van der Waals surface area contributed by atoms with Gasteiger partial charge in [0.15, 0.2) is 0 Å². The molecule has 7 aromatic rings. The molecule has 0 aliphatic carbocycles. The van der Waals surface area contributed by atoms with E-state index >= 15 is 0 Å². The van der Waals surface area contributed by atoms with Crippen LogP contribution in [0, 0.1) is 34.9 Å². The topological polar surface area (TPSA) is 20.9 Å². The van der Waals surface area contributed by atoms with E-state index in [0.29, 0.717) is 0 Å². The summed E-state index contributed by atoms with van der Waals surface area (Å²) in [5.74, 6) is 7.18. The number of hydrogen-bond acceptors (Lipinski definition) is 1. The standard InChI is InChI=1S/C26H20NO.C16H20GeN.Ir/c1-17-13-14-27(3)23(15-17)25-18(2)9-11-22-21-12-10-20(16-24(21)28-26(22)25)19-7-5-4-6-8-19;1-13-8-6-7-9-15(13)16-11-10-14(12-18(16)5)17(2,3)4;/h4-16H,2-3H2,1H3;6-12H,1,5H2,2-4H3;/q2*-1;. The van der Waals surface area contributed by atoms with Crippen LogP contribution in [-0.2, 0) is 20.1 Å². The number of aromatic nitrogens is 2. The maximum absolute atomic E-state index is 6.39. The zero-order chi connectivity index (χ0) is 32.6. The molecule has 5 heteroatoms. The molecule has 4 aromatic carbocycles. The largest absolute Gasteiger partial charge is 0 e. The third-order valence-electron chi connectivity index (χ3n) is 8.47. The first-order chi connectivity index (χ1) is 22.0. The Morgan fingerprint density at radius 1 is 0.638 bits per heavy atom. The smallest absolute Gasteiger partial charge is 0 e. The second-order valence-corrected chi connectivity index (χ2v) is 23.5. The monoisotopic (exact) mass is 855 g/mol. The summed E-state index contributed by atoms with van der Waals surface area (Å²) in [5, 5.41) is 2.21. The van der Waals surface area contributed by atoms with E-state index in [1.165, 1.54) is 15.5 Å².